The standard InChI is InChI=1S/C13H18N4O3/c1-3-18-13(6-4-5-7-13)12-15-11(17-20-12)8-10-14-9(2)19-16-10/h3-8H2,1-2H3. The average Bonchev–Trinajstić information content (AvgIpc) is 3.12. The molecule has 0 saturated heterocycles. The molecule has 20 heavy (non-hydrogen) atoms. The Hall–Kier alpha value is -1.76. The molecule has 1 saturated carbocycles. The third-order valence-corrected chi connectivity index (χ3v) is 3.58. The lowest BCUT2D eigenvalue weighted by atomic mass is 10.0. The predicted molar refractivity (Wildman–Crippen MR) is 67.9 cm³/mol. The van der Waals surface area contributed by atoms with Crippen LogP contribution in [0.2, 0.25) is 0 Å². The van der Waals surface area contributed by atoms with Crippen LogP contribution in [0.5, 0.6) is 0 Å². The van der Waals surface area contributed by atoms with Crippen LogP contribution in [0.15, 0.2) is 9.05 Å². The van der Waals surface area contributed by atoms with E-state index in [-0.39, 0.29) is 0 Å². The van der Waals surface area contributed by atoms with Gasteiger partial charge in [0.25, 0.3) is 5.89 Å². The Labute approximate surface area is 116 Å². The summed E-state index contributed by atoms with van der Waals surface area (Å²) < 4.78 is 16.2. The van der Waals surface area contributed by atoms with Crippen molar-refractivity contribution in [2.75, 3.05) is 6.61 Å². The van der Waals surface area contributed by atoms with Crippen molar-refractivity contribution >= 4 is 0 Å². The van der Waals surface area contributed by atoms with Gasteiger partial charge in [0.05, 0.1) is 6.42 Å². The van der Waals surface area contributed by atoms with Gasteiger partial charge in [0, 0.05) is 13.5 Å². The van der Waals surface area contributed by atoms with Crippen LogP contribution in [0, 0.1) is 6.92 Å². The fraction of sp³-hybridized carbons (Fsp3) is 0.692. The molecule has 3 rings (SSSR count). The fourth-order valence-electron chi connectivity index (χ4n) is 2.71. The zero-order chi connectivity index (χ0) is 14.0. The van der Waals surface area contributed by atoms with Crippen LogP contribution in [0.1, 0.15) is 56.0 Å². The highest BCUT2D eigenvalue weighted by molar-refractivity contribution is 5.05. The van der Waals surface area contributed by atoms with Crippen LogP contribution in [0.4, 0.5) is 0 Å². The van der Waals surface area contributed by atoms with E-state index in [1.54, 1.807) is 6.92 Å². The highest BCUT2D eigenvalue weighted by Gasteiger charge is 2.41. The molecule has 0 aromatic carbocycles. The zero-order valence-electron chi connectivity index (χ0n) is 11.8. The van der Waals surface area contributed by atoms with E-state index in [0.29, 0.717) is 36.5 Å². The molecule has 0 atom stereocenters. The van der Waals surface area contributed by atoms with E-state index < -0.39 is 5.60 Å². The van der Waals surface area contributed by atoms with E-state index in [1.807, 2.05) is 6.92 Å². The van der Waals surface area contributed by atoms with Gasteiger partial charge in [-0.3, -0.25) is 0 Å². The van der Waals surface area contributed by atoms with E-state index in [9.17, 15) is 0 Å². The molecule has 0 radical (unpaired) electrons. The maximum absolute atomic E-state index is 5.90. The van der Waals surface area contributed by atoms with Gasteiger partial charge in [-0.1, -0.05) is 10.3 Å². The van der Waals surface area contributed by atoms with Crippen LogP contribution >= 0.6 is 0 Å². The van der Waals surface area contributed by atoms with Crippen molar-refractivity contribution in [2.45, 2.75) is 51.6 Å². The first kappa shape index (κ1) is 13.2. The lowest BCUT2D eigenvalue weighted by Gasteiger charge is -2.24. The molecule has 108 valence electrons. The van der Waals surface area contributed by atoms with Crippen molar-refractivity contribution in [3.63, 3.8) is 0 Å². The second kappa shape index (κ2) is 5.32. The smallest absolute Gasteiger partial charge is 0.258 e. The summed E-state index contributed by atoms with van der Waals surface area (Å²) in [4.78, 5) is 8.60. The van der Waals surface area contributed by atoms with E-state index in [1.165, 1.54) is 0 Å². The Bertz CT molecular complexity index is 572. The molecule has 7 heteroatoms. The first-order chi connectivity index (χ1) is 9.72. The van der Waals surface area contributed by atoms with Gasteiger partial charge in [-0.05, 0) is 32.6 Å². The molecule has 2 heterocycles. The molecular formula is C13H18N4O3. The molecule has 2 aromatic heterocycles. The van der Waals surface area contributed by atoms with Gasteiger partial charge in [-0.25, -0.2) is 0 Å². The van der Waals surface area contributed by atoms with Crippen LogP contribution in [0.25, 0.3) is 0 Å². The molecule has 0 spiro atoms. The number of hydrogen-bond donors (Lipinski definition) is 0. The molecule has 0 amide bonds. The van der Waals surface area contributed by atoms with Gasteiger partial charge in [-0.2, -0.15) is 9.97 Å². The van der Waals surface area contributed by atoms with Gasteiger partial charge in [0.2, 0.25) is 5.89 Å². The summed E-state index contributed by atoms with van der Waals surface area (Å²) in [5.74, 6) is 2.23. The van der Waals surface area contributed by atoms with Crippen LogP contribution < -0.4 is 0 Å². The topological polar surface area (TPSA) is 87.1 Å². The van der Waals surface area contributed by atoms with Crippen molar-refractivity contribution in [1.82, 2.24) is 20.3 Å². The second-order valence-electron chi connectivity index (χ2n) is 5.06. The fourth-order valence-corrected chi connectivity index (χ4v) is 2.71. The normalized spacial score (nSPS) is 17.7. The molecule has 0 aliphatic heterocycles. The van der Waals surface area contributed by atoms with Crippen LogP contribution in [-0.2, 0) is 16.8 Å². The first-order valence-electron chi connectivity index (χ1n) is 6.98. The second-order valence-corrected chi connectivity index (χ2v) is 5.06. The minimum absolute atomic E-state index is 0.396. The third kappa shape index (κ3) is 2.45. The van der Waals surface area contributed by atoms with Crippen molar-refractivity contribution in [1.29, 1.82) is 0 Å². The summed E-state index contributed by atoms with van der Waals surface area (Å²) in [5, 5.41) is 7.84. The summed E-state index contributed by atoms with van der Waals surface area (Å²) in [7, 11) is 0. The SMILES string of the molecule is CCOC1(c2nc(Cc3noc(C)n3)no2)CCCC1. The summed E-state index contributed by atoms with van der Waals surface area (Å²) in [6.07, 6.45) is 4.53. The molecule has 1 aliphatic rings. The Balaban J connectivity index is 1.78. The Kier molecular flexibility index (Phi) is 3.52. The van der Waals surface area contributed by atoms with Crippen molar-refractivity contribution in [3.05, 3.63) is 23.4 Å². The summed E-state index contributed by atoms with van der Waals surface area (Å²) >= 11 is 0. The minimum atomic E-state index is -0.396. The number of aromatic nitrogens is 4. The van der Waals surface area contributed by atoms with Crippen LogP contribution in [-0.4, -0.2) is 26.9 Å². The summed E-state index contributed by atoms with van der Waals surface area (Å²) in [6.45, 7) is 4.38. The monoisotopic (exact) mass is 278 g/mol. The summed E-state index contributed by atoms with van der Waals surface area (Å²) in [5.41, 5.74) is -0.396. The minimum Gasteiger partial charge on any atom is -0.365 e. The van der Waals surface area contributed by atoms with E-state index in [4.69, 9.17) is 13.8 Å². The number of rotatable bonds is 5. The van der Waals surface area contributed by atoms with Crippen molar-refractivity contribution < 1.29 is 13.8 Å². The number of nitrogens with zero attached hydrogens (tertiary/aromatic N) is 4. The van der Waals surface area contributed by atoms with E-state index in [0.717, 1.165) is 25.7 Å². The van der Waals surface area contributed by atoms with Crippen molar-refractivity contribution in [3.8, 4) is 0 Å². The molecule has 0 N–H and O–H groups in total. The maximum atomic E-state index is 5.90. The van der Waals surface area contributed by atoms with Crippen molar-refractivity contribution in [2.24, 2.45) is 0 Å². The van der Waals surface area contributed by atoms with E-state index >= 15 is 0 Å². The molecule has 7 nitrogen and oxygen atoms in total. The quantitative estimate of drug-likeness (QED) is 0.828. The molecule has 0 unspecified atom stereocenters. The highest BCUT2D eigenvalue weighted by Crippen LogP contribution is 2.41. The van der Waals surface area contributed by atoms with Gasteiger partial charge in [0.15, 0.2) is 11.6 Å². The predicted octanol–water partition coefficient (Wildman–Crippen LogP) is 2.16. The van der Waals surface area contributed by atoms with Gasteiger partial charge < -0.3 is 13.8 Å². The Morgan fingerprint density at radius 2 is 1.80 bits per heavy atom. The zero-order valence-corrected chi connectivity index (χ0v) is 11.8. The molecule has 2 aromatic rings. The van der Waals surface area contributed by atoms with Crippen LogP contribution in [0.3, 0.4) is 0 Å². The number of aryl methyl sites for hydroxylation is 1. The lowest BCUT2D eigenvalue weighted by Crippen LogP contribution is -2.26. The Morgan fingerprint density at radius 1 is 1.10 bits per heavy atom. The number of hydrogen-bond acceptors (Lipinski definition) is 7. The molecule has 1 fully saturated rings. The van der Waals surface area contributed by atoms with E-state index in [2.05, 4.69) is 20.3 Å². The average molecular weight is 278 g/mol. The largest absolute Gasteiger partial charge is 0.365 e. The number of ether oxygens (including phenoxy) is 1. The first-order valence-corrected chi connectivity index (χ1v) is 6.98. The Morgan fingerprint density at radius 3 is 2.45 bits per heavy atom. The maximum Gasteiger partial charge on any atom is 0.258 e. The third-order valence-electron chi connectivity index (χ3n) is 3.58. The van der Waals surface area contributed by atoms with Gasteiger partial charge in [-0.15, -0.1) is 0 Å². The lowest BCUT2D eigenvalue weighted by molar-refractivity contribution is -0.0610. The molecular weight excluding hydrogens is 260 g/mol. The molecule has 1 aliphatic carbocycles. The summed E-state index contributed by atoms with van der Waals surface area (Å²) in [6, 6.07) is 0. The van der Waals surface area contributed by atoms with Gasteiger partial charge >= 0.3 is 0 Å². The highest BCUT2D eigenvalue weighted by atomic mass is 16.5. The van der Waals surface area contributed by atoms with Gasteiger partial charge in [0.1, 0.15) is 5.60 Å². The molecule has 0 bridgehead atoms.